The number of benzene rings is 1. The van der Waals surface area contributed by atoms with Crippen LogP contribution in [0.3, 0.4) is 0 Å². The first kappa shape index (κ1) is 16.7. The van der Waals surface area contributed by atoms with Crippen LogP contribution in [0.4, 0.5) is 0 Å². The van der Waals surface area contributed by atoms with Crippen LogP contribution < -0.4 is 5.32 Å². The van der Waals surface area contributed by atoms with Crippen molar-refractivity contribution in [1.82, 2.24) is 5.32 Å². The Morgan fingerprint density at radius 3 is 2.62 bits per heavy atom. The fourth-order valence-electron chi connectivity index (χ4n) is 3.25. The van der Waals surface area contributed by atoms with Crippen LogP contribution in [0, 0.1) is 0 Å². The zero-order valence-electron chi connectivity index (χ0n) is 13.6. The van der Waals surface area contributed by atoms with Crippen LogP contribution in [0.25, 0.3) is 0 Å². The summed E-state index contributed by atoms with van der Waals surface area (Å²) in [6.07, 6.45) is 4.22. The lowest BCUT2D eigenvalue weighted by Crippen LogP contribution is -2.48. The zero-order valence-corrected chi connectivity index (χ0v) is 13.6. The number of aliphatic hydroxyl groups is 1. The van der Waals surface area contributed by atoms with Crippen molar-refractivity contribution in [3.63, 3.8) is 0 Å². The largest absolute Gasteiger partial charge is 0.472 e. The predicted molar refractivity (Wildman–Crippen MR) is 89.5 cm³/mol. The summed E-state index contributed by atoms with van der Waals surface area (Å²) in [5, 5.41) is 13.1. The first-order valence-corrected chi connectivity index (χ1v) is 8.34. The maximum Gasteiger partial charge on any atom is 0.230 e. The van der Waals surface area contributed by atoms with Gasteiger partial charge in [0.25, 0.3) is 0 Å². The van der Waals surface area contributed by atoms with Gasteiger partial charge in [0.15, 0.2) is 0 Å². The highest BCUT2D eigenvalue weighted by atomic mass is 16.5. The molecular weight excluding hydrogens is 306 g/mol. The number of carbonyl (C=O) groups is 1. The van der Waals surface area contributed by atoms with Gasteiger partial charge >= 0.3 is 0 Å². The fraction of sp³-hybridized carbons (Fsp3) is 0.421. The van der Waals surface area contributed by atoms with Gasteiger partial charge in [-0.3, -0.25) is 4.79 Å². The highest BCUT2D eigenvalue weighted by Crippen LogP contribution is 2.35. The van der Waals surface area contributed by atoms with E-state index >= 15 is 0 Å². The van der Waals surface area contributed by atoms with E-state index in [-0.39, 0.29) is 5.91 Å². The summed E-state index contributed by atoms with van der Waals surface area (Å²) in [4.78, 5) is 12.9. The van der Waals surface area contributed by atoms with Crippen LogP contribution >= 0.6 is 0 Å². The van der Waals surface area contributed by atoms with Gasteiger partial charge in [-0.25, -0.2) is 0 Å². The molecule has 5 nitrogen and oxygen atoms in total. The summed E-state index contributed by atoms with van der Waals surface area (Å²) in [5.41, 5.74) is 1.22. The second kappa shape index (κ2) is 7.64. The number of furan rings is 1. The van der Waals surface area contributed by atoms with Gasteiger partial charge in [0.05, 0.1) is 24.0 Å². The zero-order chi connectivity index (χ0) is 16.8. The van der Waals surface area contributed by atoms with E-state index in [1.165, 1.54) is 12.5 Å². The first-order chi connectivity index (χ1) is 11.7. The minimum atomic E-state index is -0.633. The summed E-state index contributed by atoms with van der Waals surface area (Å²) < 4.78 is 10.4. The molecule has 0 saturated carbocycles. The van der Waals surface area contributed by atoms with Crippen LogP contribution in [0.15, 0.2) is 53.3 Å². The Bertz CT molecular complexity index is 633. The standard InChI is InChI=1S/C19H23NO4/c21-17(15-7-11-24-14-15)6-10-20-18(22)19(8-12-23-13-9-19)16-4-2-1-3-5-16/h1-5,7,11,14,17,21H,6,8-10,12-13H2,(H,20,22)/t17-/m0/s1. The van der Waals surface area contributed by atoms with Crippen molar-refractivity contribution >= 4 is 5.91 Å². The monoisotopic (exact) mass is 329 g/mol. The molecule has 1 aliphatic heterocycles. The smallest absolute Gasteiger partial charge is 0.230 e. The normalized spacial score (nSPS) is 18.0. The van der Waals surface area contributed by atoms with Gasteiger partial charge < -0.3 is 19.6 Å². The van der Waals surface area contributed by atoms with E-state index in [2.05, 4.69) is 5.32 Å². The third kappa shape index (κ3) is 3.52. The number of amides is 1. The number of carbonyl (C=O) groups excluding carboxylic acids is 1. The lowest BCUT2D eigenvalue weighted by atomic mass is 9.73. The summed E-state index contributed by atoms with van der Waals surface area (Å²) in [6.45, 7) is 1.58. The molecule has 2 N–H and O–H groups in total. The minimum absolute atomic E-state index is 0.0105. The Labute approximate surface area is 141 Å². The molecule has 0 unspecified atom stereocenters. The van der Waals surface area contributed by atoms with Gasteiger partial charge in [0, 0.05) is 25.3 Å². The maximum atomic E-state index is 12.9. The molecule has 0 spiro atoms. The van der Waals surface area contributed by atoms with E-state index < -0.39 is 11.5 Å². The molecule has 128 valence electrons. The van der Waals surface area contributed by atoms with Gasteiger partial charge in [-0.05, 0) is 30.9 Å². The number of hydrogen-bond acceptors (Lipinski definition) is 4. The number of hydrogen-bond donors (Lipinski definition) is 2. The Hall–Kier alpha value is -2.11. The predicted octanol–water partition coefficient (Wildman–Crippen LogP) is 2.57. The van der Waals surface area contributed by atoms with Crippen LogP contribution in [0.5, 0.6) is 0 Å². The van der Waals surface area contributed by atoms with Gasteiger partial charge in [0.2, 0.25) is 5.91 Å². The molecule has 1 saturated heterocycles. The van der Waals surface area contributed by atoms with E-state index in [0.717, 1.165) is 11.1 Å². The fourth-order valence-corrected chi connectivity index (χ4v) is 3.25. The van der Waals surface area contributed by atoms with Crippen molar-refractivity contribution in [3.8, 4) is 0 Å². The van der Waals surface area contributed by atoms with E-state index in [1.54, 1.807) is 6.07 Å². The summed E-state index contributed by atoms with van der Waals surface area (Å²) in [7, 11) is 0. The van der Waals surface area contributed by atoms with Crippen LogP contribution in [-0.2, 0) is 14.9 Å². The average molecular weight is 329 g/mol. The van der Waals surface area contributed by atoms with Gasteiger partial charge in [-0.2, -0.15) is 0 Å². The SMILES string of the molecule is O=C(NCC[C@H](O)c1ccoc1)C1(c2ccccc2)CCOCC1. The molecule has 1 aromatic heterocycles. The van der Waals surface area contributed by atoms with Gasteiger partial charge in [0.1, 0.15) is 0 Å². The van der Waals surface area contributed by atoms with Crippen LogP contribution in [-0.4, -0.2) is 30.8 Å². The Morgan fingerprint density at radius 2 is 1.96 bits per heavy atom. The average Bonchev–Trinajstić information content (AvgIpc) is 3.17. The lowest BCUT2D eigenvalue weighted by Gasteiger charge is -2.36. The molecular formula is C19H23NO4. The van der Waals surface area contributed by atoms with Crippen molar-refractivity contribution in [2.75, 3.05) is 19.8 Å². The Balaban J connectivity index is 1.64. The van der Waals surface area contributed by atoms with E-state index in [4.69, 9.17) is 9.15 Å². The molecule has 1 aliphatic rings. The van der Waals surface area contributed by atoms with Crippen molar-refractivity contribution in [1.29, 1.82) is 0 Å². The van der Waals surface area contributed by atoms with E-state index in [0.29, 0.717) is 39.0 Å². The summed E-state index contributed by atoms with van der Waals surface area (Å²) >= 11 is 0. The van der Waals surface area contributed by atoms with E-state index in [9.17, 15) is 9.90 Å². The molecule has 5 heteroatoms. The first-order valence-electron chi connectivity index (χ1n) is 8.34. The van der Waals surface area contributed by atoms with Crippen LogP contribution in [0.2, 0.25) is 0 Å². The van der Waals surface area contributed by atoms with Crippen molar-refractivity contribution in [2.24, 2.45) is 0 Å². The molecule has 24 heavy (non-hydrogen) atoms. The number of nitrogens with one attached hydrogen (secondary N) is 1. The highest BCUT2D eigenvalue weighted by molar-refractivity contribution is 5.88. The second-order valence-corrected chi connectivity index (χ2v) is 6.18. The molecule has 1 aromatic carbocycles. The maximum absolute atomic E-state index is 12.9. The number of rotatable bonds is 6. The molecule has 0 aliphatic carbocycles. The molecule has 2 aromatic rings. The summed E-state index contributed by atoms with van der Waals surface area (Å²) in [5.74, 6) is 0.0105. The topological polar surface area (TPSA) is 71.7 Å². The van der Waals surface area contributed by atoms with Crippen LogP contribution in [0.1, 0.15) is 36.5 Å². The molecule has 0 radical (unpaired) electrons. The lowest BCUT2D eigenvalue weighted by molar-refractivity contribution is -0.130. The van der Waals surface area contributed by atoms with Gasteiger partial charge in [-0.1, -0.05) is 30.3 Å². The third-order valence-corrected chi connectivity index (χ3v) is 4.74. The third-order valence-electron chi connectivity index (χ3n) is 4.74. The Morgan fingerprint density at radius 1 is 1.21 bits per heavy atom. The molecule has 1 amide bonds. The number of aliphatic hydroxyl groups excluding tert-OH is 1. The van der Waals surface area contributed by atoms with Gasteiger partial charge in [-0.15, -0.1) is 0 Å². The van der Waals surface area contributed by atoms with E-state index in [1.807, 2.05) is 30.3 Å². The molecule has 2 heterocycles. The molecule has 1 atom stereocenters. The van der Waals surface area contributed by atoms with Crippen molar-refractivity contribution in [2.45, 2.75) is 30.8 Å². The molecule has 1 fully saturated rings. The summed E-state index contributed by atoms with van der Waals surface area (Å²) in [6, 6.07) is 11.6. The van der Waals surface area contributed by atoms with Crippen molar-refractivity contribution in [3.05, 3.63) is 60.1 Å². The number of ether oxygens (including phenoxy) is 1. The second-order valence-electron chi connectivity index (χ2n) is 6.18. The molecule has 0 bridgehead atoms. The molecule has 3 rings (SSSR count). The Kier molecular flexibility index (Phi) is 5.33. The quantitative estimate of drug-likeness (QED) is 0.854. The highest BCUT2D eigenvalue weighted by Gasteiger charge is 2.41. The van der Waals surface area contributed by atoms with Crippen molar-refractivity contribution < 1.29 is 19.1 Å². The minimum Gasteiger partial charge on any atom is -0.472 e.